The molecule has 1 rings (SSSR count). The average molecular weight is 248 g/mol. The Hall–Kier alpha value is -0.580. The molecule has 84 valence electrons. The van der Waals surface area contributed by atoms with Crippen LogP contribution in [0, 0.1) is 0 Å². The number of hydrogen-bond acceptors (Lipinski definition) is 2. The van der Waals surface area contributed by atoms with E-state index in [-0.39, 0.29) is 0 Å². The summed E-state index contributed by atoms with van der Waals surface area (Å²) in [6, 6.07) is 7.58. The molecule has 0 aliphatic heterocycles. The van der Waals surface area contributed by atoms with Crippen molar-refractivity contribution in [1.82, 2.24) is 4.72 Å². The van der Waals surface area contributed by atoms with Gasteiger partial charge in [-0.2, -0.15) is 0 Å². The van der Waals surface area contributed by atoms with Crippen LogP contribution in [0.15, 0.2) is 24.3 Å². The summed E-state index contributed by atoms with van der Waals surface area (Å²) >= 11 is 5.82. The van der Waals surface area contributed by atoms with E-state index in [0.29, 0.717) is 11.6 Å². The first kappa shape index (κ1) is 12.5. The van der Waals surface area contributed by atoms with Gasteiger partial charge in [-0.05, 0) is 30.5 Å². The van der Waals surface area contributed by atoms with Gasteiger partial charge in [-0.15, -0.1) is 0 Å². The van der Waals surface area contributed by atoms with Crippen LogP contribution >= 0.6 is 11.6 Å². The van der Waals surface area contributed by atoms with Crippen molar-refractivity contribution in [3.05, 3.63) is 34.9 Å². The van der Waals surface area contributed by atoms with Crippen LogP contribution < -0.4 is 4.72 Å². The Bertz CT molecular complexity index is 417. The smallest absolute Gasteiger partial charge is 0.208 e. The Labute approximate surface area is 95.5 Å². The van der Waals surface area contributed by atoms with Crippen molar-refractivity contribution in [2.45, 2.75) is 12.8 Å². The Balaban J connectivity index is 2.32. The second-order valence-electron chi connectivity index (χ2n) is 3.40. The largest absolute Gasteiger partial charge is 0.215 e. The molecule has 0 bridgehead atoms. The maximum atomic E-state index is 10.8. The quantitative estimate of drug-likeness (QED) is 0.807. The first-order valence-corrected chi connectivity index (χ1v) is 6.93. The molecule has 0 aliphatic carbocycles. The zero-order valence-corrected chi connectivity index (χ0v) is 10.1. The molecule has 0 aliphatic rings. The Morgan fingerprint density at radius 3 is 2.73 bits per heavy atom. The highest BCUT2D eigenvalue weighted by molar-refractivity contribution is 7.88. The van der Waals surface area contributed by atoms with Gasteiger partial charge in [-0.25, -0.2) is 13.1 Å². The Morgan fingerprint density at radius 2 is 2.13 bits per heavy atom. The zero-order valence-electron chi connectivity index (χ0n) is 8.53. The maximum Gasteiger partial charge on any atom is 0.208 e. The predicted octanol–water partition coefficient (Wildman–Crippen LogP) is 1.82. The summed E-state index contributed by atoms with van der Waals surface area (Å²) < 4.78 is 24.0. The second-order valence-corrected chi connectivity index (χ2v) is 5.67. The highest BCUT2D eigenvalue weighted by atomic mass is 35.5. The van der Waals surface area contributed by atoms with Crippen molar-refractivity contribution in [1.29, 1.82) is 0 Å². The highest BCUT2D eigenvalue weighted by Crippen LogP contribution is 2.11. The number of aryl methyl sites for hydroxylation is 1. The summed E-state index contributed by atoms with van der Waals surface area (Å²) in [5, 5.41) is 0.712. The van der Waals surface area contributed by atoms with Crippen LogP contribution in [0.4, 0.5) is 0 Å². The summed E-state index contributed by atoms with van der Waals surface area (Å²) in [5.41, 5.74) is 1.12. The Morgan fingerprint density at radius 1 is 1.40 bits per heavy atom. The van der Waals surface area contributed by atoms with E-state index in [2.05, 4.69) is 4.72 Å². The minimum absolute atomic E-state index is 0.464. The fraction of sp³-hybridized carbons (Fsp3) is 0.400. The van der Waals surface area contributed by atoms with Crippen molar-refractivity contribution >= 4 is 21.6 Å². The molecular weight excluding hydrogens is 234 g/mol. The van der Waals surface area contributed by atoms with E-state index in [0.717, 1.165) is 24.7 Å². The van der Waals surface area contributed by atoms with Crippen LogP contribution in [-0.2, 0) is 16.4 Å². The van der Waals surface area contributed by atoms with Gasteiger partial charge in [0.1, 0.15) is 0 Å². The molecule has 0 aromatic heterocycles. The number of nitrogens with one attached hydrogen (secondary N) is 1. The average Bonchev–Trinajstić information content (AvgIpc) is 2.11. The van der Waals surface area contributed by atoms with Gasteiger partial charge in [-0.1, -0.05) is 23.7 Å². The van der Waals surface area contributed by atoms with Crippen LogP contribution in [0.1, 0.15) is 12.0 Å². The normalized spacial score (nSPS) is 11.6. The number of halogens is 1. The monoisotopic (exact) mass is 247 g/mol. The molecule has 0 saturated heterocycles. The summed E-state index contributed by atoms with van der Waals surface area (Å²) in [7, 11) is -3.06. The van der Waals surface area contributed by atoms with Crippen LogP contribution in [0.25, 0.3) is 0 Å². The molecule has 1 N–H and O–H groups in total. The molecule has 5 heteroatoms. The molecule has 0 saturated carbocycles. The summed E-state index contributed by atoms with van der Waals surface area (Å²) in [4.78, 5) is 0. The van der Waals surface area contributed by atoms with Gasteiger partial charge in [0.25, 0.3) is 0 Å². The third-order valence-corrected chi connectivity index (χ3v) is 2.86. The topological polar surface area (TPSA) is 46.2 Å². The summed E-state index contributed by atoms with van der Waals surface area (Å²) in [6.45, 7) is 0.464. The minimum Gasteiger partial charge on any atom is -0.215 e. The van der Waals surface area contributed by atoms with E-state index >= 15 is 0 Å². The number of sulfonamides is 1. The molecule has 3 nitrogen and oxygen atoms in total. The molecular formula is C10H14ClNO2S. The van der Waals surface area contributed by atoms with Crippen molar-refractivity contribution in [2.75, 3.05) is 12.8 Å². The second kappa shape index (κ2) is 5.49. The first-order chi connectivity index (χ1) is 6.97. The van der Waals surface area contributed by atoms with Gasteiger partial charge in [0.2, 0.25) is 10.0 Å². The van der Waals surface area contributed by atoms with Gasteiger partial charge in [0.15, 0.2) is 0 Å². The van der Waals surface area contributed by atoms with Crippen LogP contribution in [0.5, 0.6) is 0 Å². The number of benzene rings is 1. The third-order valence-electron chi connectivity index (χ3n) is 1.90. The van der Waals surface area contributed by atoms with Crippen molar-refractivity contribution in [3.8, 4) is 0 Å². The summed E-state index contributed by atoms with van der Waals surface area (Å²) in [6.07, 6.45) is 2.75. The summed E-state index contributed by atoms with van der Waals surface area (Å²) in [5.74, 6) is 0. The number of rotatable bonds is 5. The lowest BCUT2D eigenvalue weighted by molar-refractivity contribution is 0.585. The molecule has 0 heterocycles. The van der Waals surface area contributed by atoms with E-state index in [4.69, 9.17) is 11.6 Å². The van der Waals surface area contributed by atoms with Crippen molar-refractivity contribution in [2.24, 2.45) is 0 Å². The fourth-order valence-electron chi connectivity index (χ4n) is 1.24. The molecule has 0 spiro atoms. The van der Waals surface area contributed by atoms with Crippen molar-refractivity contribution < 1.29 is 8.42 Å². The lowest BCUT2D eigenvalue weighted by Crippen LogP contribution is -2.23. The first-order valence-electron chi connectivity index (χ1n) is 4.66. The molecule has 15 heavy (non-hydrogen) atoms. The lowest BCUT2D eigenvalue weighted by Gasteiger charge is -2.03. The molecule has 0 unspecified atom stereocenters. The molecule has 0 atom stereocenters. The van der Waals surface area contributed by atoms with E-state index in [1.165, 1.54) is 0 Å². The minimum atomic E-state index is -3.06. The zero-order chi connectivity index (χ0) is 11.3. The van der Waals surface area contributed by atoms with Gasteiger partial charge in [0.05, 0.1) is 6.26 Å². The Kier molecular flexibility index (Phi) is 4.57. The molecule has 0 amide bonds. The number of hydrogen-bond donors (Lipinski definition) is 1. The lowest BCUT2D eigenvalue weighted by atomic mass is 10.1. The molecule has 1 aromatic rings. The van der Waals surface area contributed by atoms with E-state index in [9.17, 15) is 8.42 Å². The molecule has 1 aromatic carbocycles. The van der Waals surface area contributed by atoms with Crippen LogP contribution in [-0.4, -0.2) is 21.2 Å². The van der Waals surface area contributed by atoms with Gasteiger partial charge < -0.3 is 0 Å². The molecule has 0 radical (unpaired) electrons. The van der Waals surface area contributed by atoms with E-state index in [1.54, 1.807) is 0 Å². The van der Waals surface area contributed by atoms with E-state index < -0.39 is 10.0 Å². The predicted molar refractivity (Wildman–Crippen MR) is 62.6 cm³/mol. The third kappa shape index (κ3) is 5.77. The van der Waals surface area contributed by atoms with Gasteiger partial charge >= 0.3 is 0 Å². The van der Waals surface area contributed by atoms with Gasteiger partial charge in [-0.3, -0.25) is 0 Å². The highest BCUT2D eigenvalue weighted by Gasteiger charge is 1.99. The fourth-order valence-corrected chi connectivity index (χ4v) is 1.97. The molecule has 0 fully saturated rings. The van der Waals surface area contributed by atoms with Crippen LogP contribution in [0.2, 0.25) is 5.02 Å². The standard InChI is InChI=1S/C10H14ClNO2S/c1-15(13,14)12-7-3-5-9-4-2-6-10(11)8-9/h2,4,6,8,12H,3,5,7H2,1H3. The SMILES string of the molecule is CS(=O)(=O)NCCCc1cccc(Cl)c1. The van der Waals surface area contributed by atoms with Crippen LogP contribution in [0.3, 0.4) is 0 Å². The van der Waals surface area contributed by atoms with Crippen molar-refractivity contribution in [3.63, 3.8) is 0 Å². The van der Waals surface area contributed by atoms with E-state index in [1.807, 2.05) is 24.3 Å². The maximum absolute atomic E-state index is 10.8. The van der Waals surface area contributed by atoms with Gasteiger partial charge in [0, 0.05) is 11.6 Å².